The largest absolute Gasteiger partial charge is 0.497 e. The molecule has 1 N–H and O–H groups in total. The average Bonchev–Trinajstić information content (AvgIpc) is 3.11. The summed E-state index contributed by atoms with van der Waals surface area (Å²) in [6.07, 6.45) is 4.19. The SMILES string of the molecule is COCC(=O)NC[C@H]1CCC2(CCN(Cc3cc(OC)ccc3OC)CC2)O1. The molecule has 3 rings (SSSR count). The second kappa shape index (κ2) is 9.58. The van der Waals surface area contributed by atoms with E-state index in [9.17, 15) is 4.79 Å². The number of piperidine rings is 1. The summed E-state index contributed by atoms with van der Waals surface area (Å²) in [6, 6.07) is 5.93. The Labute approximate surface area is 167 Å². The van der Waals surface area contributed by atoms with Crippen LogP contribution in [0.4, 0.5) is 0 Å². The molecule has 2 aliphatic heterocycles. The summed E-state index contributed by atoms with van der Waals surface area (Å²) in [5, 5.41) is 2.89. The molecule has 0 aliphatic carbocycles. The monoisotopic (exact) mass is 392 g/mol. The molecule has 1 aromatic carbocycles. The number of hydrogen-bond donors (Lipinski definition) is 1. The number of carbonyl (C=O) groups excluding carboxylic acids is 1. The van der Waals surface area contributed by atoms with Crippen LogP contribution in [0.1, 0.15) is 31.2 Å². The van der Waals surface area contributed by atoms with Crippen molar-refractivity contribution in [3.05, 3.63) is 23.8 Å². The minimum absolute atomic E-state index is 0.0361. The summed E-state index contributed by atoms with van der Waals surface area (Å²) in [5.74, 6) is 1.65. The van der Waals surface area contributed by atoms with Crippen LogP contribution in [0.25, 0.3) is 0 Å². The average molecular weight is 392 g/mol. The van der Waals surface area contributed by atoms with Gasteiger partial charge in [-0.2, -0.15) is 0 Å². The number of ether oxygens (including phenoxy) is 4. The minimum atomic E-state index is -0.0888. The van der Waals surface area contributed by atoms with Gasteiger partial charge in [-0.25, -0.2) is 0 Å². The zero-order chi connectivity index (χ0) is 20.0. The lowest BCUT2D eigenvalue weighted by Crippen LogP contribution is -2.45. The molecule has 0 unspecified atom stereocenters. The van der Waals surface area contributed by atoms with Crippen LogP contribution < -0.4 is 14.8 Å². The molecule has 7 nitrogen and oxygen atoms in total. The van der Waals surface area contributed by atoms with E-state index >= 15 is 0 Å². The second-order valence-electron chi connectivity index (χ2n) is 7.65. The highest BCUT2D eigenvalue weighted by atomic mass is 16.5. The van der Waals surface area contributed by atoms with Crippen molar-refractivity contribution in [1.82, 2.24) is 10.2 Å². The van der Waals surface area contributed by atoms with E-state index in [1.54, 1.807) is 14.2 Å². The van der Waals surface area contributed by atoms with E-state index in [-0.39, 0.29) is 24.2 Å². The number of amides is 1. The van der Waals surface area contributed by atoms with Crippen LogP contribution in [0.15, 0.2) is 18.2 Å². The molecule has 0 saturated carbocycles. The van der Waals surface area contributed by atoms with Gasteiger partial charge in [0.1, 0.15) is 18.1 Å². The van der Waals surface area contributed by atoms with E-state index in [1.165, 1.54) is 7.11 Å². The van der Waals surface area contributed by atoms with Gasteiger partial charge in [0.15, 0.2) is 0 Å². The van der Waals surface area contributed by atoms with Crippen LogP contribution in [0.2, 0.25) is 0 Å². The molecule has 2 heterocycles. The molecule has 2 fully saturated rings. The third kappa shape index (κ3) is 5.16. The summed E-state index contributed by atoms with van der Waals surface area (Å²) in [5.41, 5.74) is 1.11. The van der Waals surface area contributed by atoms with Gasteiger partial charge in [-0.15, -0.1) is 0 Å². The Morgan fingerprint density at radius 3 is 2.68 bits per heavy atom. The number of benzene rings is 1. The molecule has 0 bridgehead atoms. The molecule has 2 saturated heterocycles. The lowest BCUT2D eigenvalue weighted by Gasteiger charge is -2.39. The Kier molecular flexibility index (Phi) is 7.15. The van der Waals surface area contributed by atoms with Gasteiger partial charge in [-0.1, -0.05) is 0 Å². The van der Waals surface area contributed by atoms with Crippen LogP contribution in [0.3, 0.4) is 0 Å². The fourth-order valence-corrected chi connectivity index (χ4v) is 4.18. The molecule has 1 aromatic rings. The minimum Gasteiger partial charge on any atom is -0.497 e. The standard InChI is InChI=1S/C21H32N2O5/c1-25-15-20(24)22-13-18-6-7-21(28-18)8-10-23(11-9-21)14-16-12-17(26-2)4-5-19(16)27-3/h4-5,12,18H,6-11,13-15H2,1-3H3,(H,22,24)/t18-/m1/s1. The Morgan fingerprint density at radius 2 is 2.00 bits per heavy atom. The van der Waals surface area contributed by atoms with Crippen LogP contribution in [0.5, 0.6) is 11.5 Å². The van der Waals surface area contributed by atoms with Crippen LogP contribution in [0, 0.1) is 0 Å². The van der Waals surface area contributed by atoms with Gasteiger partial charge < -0.3 is 24.3 Å². The van der Waals surface area contributed by atoms with Crippen molar-refractivity contribution in [3.8, 4) is 11.5 Å². The third-order valence-electron chi connectivity index (χ3n) is 5.79. The molecule has 156 valence electrons. The first kappa shape index (κ1) is 20.9. The maximum Gasteiger partial charge on any atom is 0.246 e. The lowest BCUT2D eigenvalue weighted by atomic mass is 9.88. The summed E-state index contributed by atoms with van der Waals surface area (Å²) in [7, 11) is 4.91. The second-order valence-corrected chi connectivity index (χ2v) is 7.65. The molecule has 0 aromatic heterocycles. The van der Waals surface area contributed by atoms with E-state index in [1.807, 2.05) is 18.2 Å². The van der Waals surface area contributed by atoms with Crippen LogP contribution in [-0.2, 0) is 20.8 Å². The molecule has 2 aliphatic rings. The first-order valence-corrected chi connectivity index (χ1v) is 9.94. The molecule has 28 heavy (non-hydrogen) atoms. The summed E-state index contributed by atoms with van der Waals surface area (Å²) in [4.78, 5) is 14.0. The molecule has 1 spiro atoms. The maximum absolute atomic E-state index is 11.6. The van der Waals surface area contributed by atoms with Gasteiger partial charge >= 0.3 is 0 Å². The predicted octanol–water partition coefficient (Wildman–Crippen LogP) is 1.98. The zero-order valence-electron chi connectivity index (χ0n) is 17.2. The topological polar surface area (TPSA) is 69.3 Å². The predicted molar refractivity (Wildman–Crippen MR) is 106 cm³/mol. The molecule has 1 atom stereocenters. The quantitative estimate of drug-likeness (QED) is 0.730. The Morgan fingerprint density at radius 1 is 1.21 bits per heavy atom. The number of rotatable bonds is 8. The fourth-order valence-electron chi connectivity index (χ4n) is 4.18. The smallest absolute Gasteiger partial charge is 0.246 e. The number of hydrogen-bond acceptors (Lipinski definition) is 6. The highest BCUT2D eigenvalue weighted by molar-refractivity contribution is 5.77. The van der Waals surface area contributed by atoms with E-state index in [2.05, 4.69) is 10.2 Å². The summed E-state index contributed by atoms with van der Waals surface area (Å²) >= 11 is 0. The van der Waals surface area contributed by atoms with Gasteiger partial charge in [0.2, 0.25) is 5.91 Å². The molecule has 0 radical (unpaired) electrons. The molecule has 7 heteroatoms. The number of methoxy groups -OCH3 is 3. The third-order valence-corrected chi connectivity index (χ3v) is 5.79. The van der Waals surface area contributed by atoms with Crippen molar-refractivity contribution in [2.45, 2.75) is 43.9 Å². The molecule has 1 amide bonds. The van der Waals surface area contributed by atoms with Gasteiger partial charge in [-0.05, 0) is 43.9 Å². The van der Waals surface area contributed by atoms with Crippen molar-refractivity contribution in [2.24, 2.45) is 0 Å². The first-order chi connectivity index (χ1) is 13.6. The summed E-state index contributed by atoms with van der Waals surface area (Å²) in [6.45, 7) is 3.48. The maximum atomic E-state index is 11.6. The zero-order valence-corrected chi connectivity index (χ0v) is 17.2. The Balaban J connectivity index is 1.49. The van der Waals surface area contributed by atoms with Crippen molar-refractivity contribution in [2.75, 3.05) is 47.6 Å². The Bertz CT molecular complexity index is 658. The number of nitrogens with one attached hydrogen (secondary N) is 1. The van der Waals surface area contributed by atoms with Gasteiger partial charge in [-0.3, -0.25) is 9.69 Å². The van der Waals surface area contributed by atoms with Crippen molar-refractivity contribution >= 4 is 5.91 Å². The van der Waals surface area contributed by atoms with Crippen molar-refractivity contribution in [1.29, 1.82) is 0 Å². The number of nitrogens with zero attached hydrogens (tertiary/aromatic N) is 1. The van der Waals surface area contributed by atoms with Crippen molar-refractivity contribution in [3.63, 3.8) is 0 Å². The Hall–Kier alpha value is -1.83. The highest BCUT2D eigenvalue weighted by Gasteiger charge is 2.42. The normalized spacial score (nSPS) is 21.6. The van der Waals surface area contributed by atoms with E-state index in [0.717, 1.165) is 62.4 Å². The van der Waals surface area contributed by atoms with Crippen molar-refractivity contribution < 1.29 is 23.7 Å². The van der Waals surface area contributed by atoms with Crippen LogP contribution in [-0.4, -0.2) is 70.1 Å². The van der Waals surface area contributed by atoms with E-state index < -0.39 is 0 Å². The van der Waals surface area contributed by atoms with Gasteiger partial charge in [0.05, 0.1) is 25.9 Å². The highest BCUT2D eigenvalue weighted by Crippen LogP contribution is 2.39. The first-order valence-electron chi connectivity index (χ1n) is 9.94. The van der Waals surface area contributed by atoms with E-state index in [0.29, 0.717) is 6.54 Å². The number of carbonyl (C=O) groups is 1. The number of likely N-dealkylation sites (tertiary alicyclic amines) is 1. The van der Waals surface area contributed by atoms with Gasteiger partial charge in [0, 0.05) is 38.9 Å². The fraction of sp³-hybridized carbons (Fsp3) is 0.667. The van der Waals surface area contributed by atoms with E-state index in [4.69, 9.17) is 18.9 Å². The van der Waals surface area contributed by atoms with Crippen LogP contribution >= 0.6 is 0 Å². The molecular weight excluding hydrogens is 360 g/mol. The molecular formula is C21H32N2O5. The summed E-state index contributed by atoms with van der Waals surface area (Å²) < 4.78 is 22.1. The van der Waals surface area contributed by atoms with Gasteiger partial charge in [0.25, 0.3) is 0 Å². The lowest BCUT2D eigenvalue weighted by molar-refractivity contribution is -0.126.